The zero-order chi connectivity index (χ0) is 12.5. The molecule has 0 aliphatic carbocycles. The van der Waals surface area contributed by atoms with Crippen molar-refractivity contribution in [3.8, 4) is 0 Å². The summed E-state index contributed by atoms with van der Waals surface area (Å²) < 4.78 is 1.93. The molecule has 1 atom stereocenters. The quantitative estimate of drug-likeness (QED) is 0.869. The summed E-state index contributed by atoms with van der Waals surface area (Å²) in [5.74, 6) is 1.76. The summed E-state index contributed by atoms with van der Waals surface area (Å²) in [5, 5.41) is 14.1. The predicted molar refractivity (Wildman–Crippen MR) is 68.3 cm³/mol. The maximum atomic E-state index is 9.61. The molecule has 0 saturated heterocycles. The highest BCUT2D eigenvalue weighted by atomic mass is 16.3. The summed E-state index contributed by atoms with van der Waals surface area (Å²) >= 11 is 0. The number of nitrogens with zero attached hydrogens (tertiary/aromatic N) is 3. The molecule has 1 unspecified atom stereocenters. The fourth-order valence-corrected chi connectivity index (χ4v) is 2.42. The van der Waals surface area contributed by atoms with Crippen LogP contribution < -0.4 is 0 Å². The average molecular weight is 243 g/mol. The standard InChI is InChI=1S/C14H17N3O/c1-10-3-2-4-11(7-10)8-13-15-14-9-12(18)5-6-17(14)16-13/h2-4,7,12,18H,5-6,8-9H2,1H3. The summed E-state index contributed by atoms with van der Waals surface area (Å²) in [4.78, 5) is 4.52. The van der Waals surface area contributed by atoms with Crippen molar-refractivity contribution in [1.82, 2.24) is 14.8 Å². The van der Waals surface area contributed by atoms with Crippen LogP contribution in [0.15, 0.2) is 24.3 Å². The molecule has 0 fully saturated rings. The van der Waals surface area contributed by atoms with Crippen LogP contribution in [0, 0.1) is 6.92 Å². The summed E-state index contributed by atoms with van der Waals surface area (Å²) in [5.41, 5.74) is 2.49. The van der Waals surface area contributed by atoms with Crippen molar-refractivity contribution in [1.29, 1.82) is 0 Å². The van der Waals surface area contributed by atoms with Crippen molar-refractivity contribution in [3.05, 3.63) is 47.0 Å². The minimum absolute atomic E-state index is 0.256. The third kappa shape index (κ3) is 2.29. The van der Waals surface area contributed by atoms with Crippen LogP contribution in [0.5, 0.6) is 0 Å². The van der Waals surface area contributed by atoms with Crippen molar-refractivity contribution in [3.63, 3.8) is 0 Å². The van der Waals surface area contributed by atoms with E-state index < -0.39 is 0 Å². The van der Waals surface area contributed by atoms with Gasteiger partial charge in [0.1, 0.15) is 5.82 Å². The Morgan fingerprint density at radius 2 is 2.33 bits per heavy atom. The summed E-state index contributed by atoms with van der Waals surface area (Å²) in [6.45, 7) is 2.86. The lowest BCUT2D eigenvalue weighted by molar-refractivity contribution is 0.138. The molecule has 4 heteroatoms. The van der Waals surface area contributed by atoms with E-state index in [9.17, 15) is 5.11 Å². The molecular formula is C14H17N3O. The van der Waals surface area contributed by atoms with E-state index in [0.29, 0.717) is 6.42 Å². The number of aryl methyl sites for hydroxylation is 2. The largest absolute Gasteiger partial charge is 0.393 e. The molecule has 0 radical (unpaired) electrons. The van der Waals surface area contributed by atoms with E-state index in [1.165, 1.54) is 11.1 Å². The average Bonchev–Trinajstić information content (AvgIpc) is 2.70. The molecule has 1 aliphatic heterocycles. The Hall–Kier alpha value is -1.68. The SMILES string of the molecule is Cc1cccc(Cc2nc3n(n2)CCC(O)C3)c1. The van der Waals surface area contributed by atoms with Gasteiger partial charge in [-0.15, -0.1) is 0 Å². The van der Waals surface area contributed by atoms with Gasteiger partial charge in [0.2, 0.25) is 0 Å². The molecule has 2 heterocycles. The van der Waals surface area contributed by atoms with Gasteiger partial charge in [0.25, 0.3) is 0 Å². The molecule has 18 heavy (non-hydrogen) atoms. The van der Waals surface area contributed by atoms with Gasteiger partial charge in [-0.2, -0.15) is 5.10 Å². The second kappa shape index (κ2) is 4.53. The first kappa shape index (κ1) is 11.4. The number of aliphatic hydroxyl groups excluding tert-OH is 1. The topological polar surface area (TPSA) is 50.9 Å². The van der Waals surface area contributed by atoms with Gasteiger partial charge in [0, 0.05) is 19.4 Å². The van der Waals surface area contributed by atoms with Gasteiger partial charge >= 0.3 is 0 Å². The molecule has 3 rings (SSSR count). The van der Waals surface area contributed by atoms with Crippen molar-refractivity contribution in [2.45, 2.75) is 38.8 Å². The predicted octanol–water partition coefficient (Wildman–Crippen LogP) is 1.48. The van der Waals surface area contributed by atoms with Crippen molar-refractivity contribution in [2.75, 3.05) is 0 Å². The second-order valence-corrected chi connectivity index (χ2v) is 4.98. The van der Waals surface area contributed by atoms with Gasteiger partial charge in [0.15, 0.2) is 5.82 Å². The summed E-state index contributed by atoms with van der Waals surface area (Å²) in [7, 11) is 0. The highest BCUT2D eigenvalue weighted by molar-refractivity contribution is 5.24. The van der Waals surface area contributed by atoms with Crippen LogP contribution in [0.25, 0.3) is 0 Å². The molecule has 0 amide bonds. The Kier molecular flexibility index (Phi) is 2.88. The lowest BCUT2D eigenvalue weighted by atomic mass is 10.1. The first-order chi connectivity index (χ1) is 8.70. The number of benzene rings is 1. The molecule has 1 N–H and O–H groups in total. The van der Waals surface area contributed by atoms with Crippen LogP contribution in [0.3, 0.4) is 0 Å². The Morgan fingerprint density at radius 1 is 1.44 bits per heavy atom. The third-order valence-corrected chi connectivity index (χ3v) is 3.33. The van der Waals surface area contributed by atoms with E-state index in [1.54, 1.807) is 0 Å². The lowest BCUT2D eigenvalue weighted by Gasteiger charge is -2.16. The molecule has 0 spiro atoms. The fourth-order valence-electron chi connectivity index (χ4n) is 2.42. The molecule has 0 saturated carbocycles. The maximum absolute atomic E-state index is 9.61. The Labute approximate surface area is 106 Å². The number of aromatic nitrogens is 3. The van der Waals surface area contributed by atoms with Crippen LogP contribution in [0.2, 0.25) is 0 Å². The molecule has 1 aromatic heterocycles. The maximum Gasteiger partial charge on any atom is 0.155 e. The van der Waals surface area contributed by atoms with Crippen LogP contribution in [0.4, 0.5) is 0 Å². The number of fused-ring (bicyclic) bond motifs is 1. The second-order valence-electron chi connectivity index (χ2n) is 4.98. The Bertz CT molecular complexity index is 562. The smallest absolute Gasteiger partial charge is 0.155 e. The normalized spacial score (nSPS) is 18.7. The van der Waals surface area contributed by atoms with Crippen molar-refractivity contribution < 1.29 is 5.11 Å². The van der Waals surface area contributed by atoms with Gasteiger partial charge < -0.3 is 5.11 Å². The molecule has 1 aromatic carbocycles. The zero-order valence-corrected chi connectivity index (χ0v) is 10.5. The Morgan fingerprint density at radius 3 is 3.17 bits per heavy atom. The first-order valence-corrected chi connectivity index (χ1v) is 6.37. The molecule has 4 nitrogen and oxygen atoms in total. The molecule has 1 aliphatic rings. The van der Waals surface area contributed by atoms with Gasteiger partial charge in [-0.3, -0.25) is 0 Å². The van der Waals surface area contributed by atoms with Gasteiger partial charge in [-0.25, -0.2) is 9.67 Å². The van der Waals surface area contributed by atoms with Gasteiger partial charge in [0.05, 0.1) is 6.10 Å². The van der Waals surface area contributed by atoms with E-state index in [2.05, 4.69) is 41.3 Å². The minimum atomic E-state index is -0.256. The third-order valence-electron chi connectivity index (χ3n) is 3.33. The van der Waals surface area contributed by atoms with E-state index in [-0.39, 0.29) is 6.10 Å². The highest BCUT2D eigenvalue weighted by Crippen LogP contribution is 2.15. The highest BCUT2D eigenvalue weighted by Gasteiger charge is 2.19. The zero-order valence-electron chi connectivity index (χ0n) is 10.5. The van der Waals surface area contributed by atoms with E-state index in [0.717, 1.165) is 31.0 Å². The molecule has 0 bridgehead atoms. The van der Waals surface area contributed by atoms with Crippen molar-refractivity contribution in [2.24, 2.45) is 0 Å². The summed E-state index contributed by atoms with van der Waals surface area (Å²) in [6.07, 6.45) is 1.91. The van der Waals surface area contributed by atoms with Crippen LogP contribution in [-0.4, -0.2) is 26.0 Å². The molecule has 94 valence electrons. The van der Waals surface area contributed by atoms with Crippen LogP contribution >= 0.6 is 0 Å². The first-order valence-electron chi connectivity index (χ1n) is 6.37. The van der Waals surface area contributed by atoms with E-state index >= 15 is 0 Å². The van der Waals surface area contributed by atoms with Gasteiger partial charge in [-0.1, -0.05) is 29.8 Å². The monoisotopic (exact) mass is 243 g/mol. The van der Waals surface area contributed by atoms with E-state index in [4.69, 9.17) is 0 Å². The van der Waals surface area contributed by atoms with E-state index in [1.807, 2.05) is 4.68 Å². The lowest BCUT2D eigenvalue weighted by Crippen LogP contribution is -2.23. The molecule has 2 aromatic rings. The van der Waals surface area contributed by atoms with Crippen molar-refractivity contribution >= 4 is 0 Å². The number of rotatable bonds is 2. The minimum Gasteiger partial charge on any atom is -0.393 e. The van der Waals surface area contributed by atoms with Crippen LogP contribution in [0.1, 0.15) is 29.2 Å². The van der Waals surface area contributed by atoms with Gasteiger partial charge in [-0.05, 0) is 18.9 Å². The van der Waals surface area contributed by atoms with Crippen LogP contribution in [-0.2, 0) is 19.4 Å². The Balaban J connectivity index is 1.82. The number of hydrogen-bond donors (Lipinski definition) is 1. The number of aliphatic hydroxyl groups is 1. The molecular weight excluding hydrogens is 226 g/mol. The number of hydrogen-bond acceptors (Lipinski definition) is 3. The summed E-state index contributed by atoms with van der Waals surface area (Å²) in [6, 6.07) is 8.41. The fraction of sp³-hybridized carbons (Fsp3) is 0.429.